The van der Waals surface area contributed by atoms with Gasteiger partial charge in [-0.25, -0.2) is 0 Å². The molecule has 0 bridgehead atoms. The van der Waals surface area contributed by atoms with E-state index in [1.165, 1.54) is 5.56 Å². The summed E-state index contributed by atoms with van der Waals surface area (Å²) in [5.41, 5.74) is 1.32. The zero-order valence-corrected chi connectivity index (χ0v) is 12.3. The van der Waals surface area contributed by atoms with Gasteiger partial charge in [-0.1, -0.05) is 6.07 Å². The number of thioether (sulfide) groups is 1. The number of hydrogen-bond donors (Lipinski definition) is 1. The summed E-state index contributed by atoms with van der Waals surface area (Å²) in [4.78, 5) is 0. The van der Waals surface area contributed by atoms with Crippen molar-refractivity contribution in [2.24, 2.45) is 0 Å². The number of benzene rings is 1. The standard InChI is InChI=1S/C12H18BrNOS/c1-14-10(8-16-3)6-9-4-5-12(15-2)11(13)7-9/h4-5,7,10,14H,6,8H2,1-3H3. The molecule has 0 aromatic heterocycles. The molecule has 90 valence electrons. The first kappa shape index (κ1) is 13.9. The van der Waals surface area contributed by atoms with E-state index in [1.54, 1.807) is 7.11 Å². The SMILES string of the molecule is CNC(CSC)Cc1ccc(OC)c(Br)c1. The zero-order chi connectivity index (χ0) is 12.0. The molecule has 16 heavy (non-hydrogen) atoms. The summed E-state index contributed by atoms with van der Waals surface area (Å²) in [6.45, 7) is 0. The third-order valence-corrected chi connectivity index (χ3v) is 3.83. The summed E-state index contributed by atoms with van der Waals surface area (Å²) < 4.78 is 6.23. The van der Waals surface area contributed by atoms with Gasteiger partial charge in [0.05, 0.1) is 11.6 Å². The van der Waals surface area contributed by atoms with Gasteiger partial charge < -0.3 is 10.1 Å². The lowest BCUT2D eigenvalue weighted by Gasteiger charge is -2.15. The third-order valence-electron chi connectivity index (χ3n) is 2.47. The molecule has 0 saturated carbocycles. The maximum absolute atomic E-state index is 5.21. The fraction of sp³-hybridized carbons (Fsp3) is 0.500. The fourth-order valence-electron chi connectivity index (χ4n) is 1.57. The van der Waals surface area contributed by atoms with Crippen molar-refractivity contribution in [1.82, 2.24) is 5.32 Å². The second-order valence-electron chi connectivity index (χ2n) is 3.61. The maximum Gasteiger partial charge on any atom is 0.133 e. The van der Waals surface area contributed by atoms with Crippen LogP contribution in [0.5, 0.6) is 5.75 Å². The Labute approximate surface area is 110 Å². The highest BCUT2D eigenvalue weighted by molar-refractivity contribution is 9.10. The number of ether oxygens (including phenoxy) is 1. The molecule has 0 aliphatic rings. The molecule has 0 aliphatic carbocycles. The minimum Gasteiger partial charge on any atom is -0.496 e. The number of rotatable bonds is 6. The van der Waals surface area contributed by atoms with Crippen molar-refractivity contribution < 1.29 is 4.74 Å². The van der Waals surface area contributed by atoms with E-state index in [4.69, 9.17) is 4.74 Å². The highest BCUT2D eigenvalue weighted by Crippen LogP contribution is 2.26. The van der Waals surface area contributed by atoms with Gasteiger partial charge in [0.25, 0.3) is 0 Å². The molecule has 1 aromatic rings. The smallest absolute Gasteiger partial charge is 0.133 e. The Morgan fingerprint density at radius 2 is 2.25 bits per heavy atom. The van der Waals surface area contributed by atoms with Crippen LogP contribution in [0.1, 0.15) is 5.56 Å². The summed E-state index contributed by atoms with van der Waals surface area (Å²) in [6, 6.07) is 6.78. The number of likely N-dealkylation sites (N-methyl/N-ethyl adjacent to an activating group) is 1. The lowest BCUT2D eigenvalue weighted by Crippen LogP contribution is -2.29. The van der Waals surface area contributed by atoms with E-state index in [0.29, 0.717) is 6.04 Å². The summed E-state index contributed by atoms with van der Waals surface area (Å²) >= 11 is 5.37. The van der Waals surface area contributed by atoms with E-state index >= 15 is 0 Å². The molecule has 0 saturated heterocycles. The molecular formula is C12H18BrNOS. The molecule has 0 heterocycles. The monoisotopic (exact) mass is 303 g/mol. The largest absolute Gasteiger partial charge is 0.496 e. The van der Waals surface area contributed by atoms with Crippen LogP contribution < -0.4 is 10.1 Å². The summed E-state index contributed by atoms with van der Waals surface area (Å²) in [7, 11) is 3.70. The van der Waals surface area contributed by atoms with Gasteiger partial charge in [0.15, 0.2) is 0 Å². The molecule has 1 rings (SSSR count). The molecule has 1 N–H and O–H groups in total. The highest BCUT2D eigenvalue weighted by atomic mass is 79.9. The molecule has 2 nitrogen and oxygen atoms in total. The number of nitrogens with one attached hydrogen (secondary N) is 1. The van der Waals surface area contributed by atoms with Gasteiger partial charge in [-0.05, 0) is 53.4 Å². The summed E-state index contributed by atoms with van der Waals surface area (Å²) in [5, 5.41) is 3.33. The molecule has 0 spiro atoms. The Kier molecular flexibility index (Phi) is 6.24. The van der Waals surface area contributed by atoms with Crippen LogP contribution in [0.25, 0.3) is 0 Å². The summed E-state index contributed by atoms with van der Waals surface area (Å²) in [6.07, 6.45) is 3.17. The quantitative estimate of drug-likeness (QED) is 0.873. The first-order chi connectivity index (χ1) is 7.71. The molecule has 1 aromatic carbocycles. The van der Waals surface area contributed by atoms with Crippen molar-refractivity contribution in [1.29, 1.82) is 0 Å². The Morgan fingerprint density at radius 3 is 2.75 bits per heavy atom. The number of halogens is 1. The maximum atomic E-state index is 5.21. The second kappa shape index (κ2) is 7.20. The van der Waals surface area contributed by atoms with Crippen LogP contribution in [-0.4, -0.2) is 32.2 Å². The normalized spacial score (nSPS) is 12.5. The van der Waals surface area contributed by atoms with E-state index in [-0.39, 0.29) is 0 Å². The van der Waals surface area contributed by atoms with E-state index in [1.807, 2.05) is 24.9 Å². The minimum absolute atomic E-state index is 0.523. The second-order valence-corrected chi connectivity index (χ2v) is 5.38. The van der Waals surface area contributed by atoms with Crippen LogP contribution in [0.2, 0.25) is 0 Å². The van der Waals surface area contributed by atoms with Crippen molar-refractivity contribution in [3.05, 3.63) is 28.2 Å². The van der Waals surface area contributed by atoms with Gasteiger partial charge in [-0.3, -0.25) is 0 Å². The van der Waals surface area contributed by atoms with Crippen molar-refractivity contribution >= 4 is 27.7 Å². The molecule has 4 heteroatoms. The van der Waals surface area contributed by atoms with Crippen molar-refractivity contribution in [2.45, 2.75) is 12.5 Å². The van der Waals surface area contributed by atoms with E-state index in [2.05, 4.69) is 39.6 Å². The topological polar surface area (TPSA) is 21.3 Å². The molecule has 1 atom stereocenters. The number of methoxy groups -OCH3 is 1. The Hall–Kier alpha value is -0.190. The Bertz CT molecular complexity index is 333. The van der Waals surface area contributed by atoms with E-state index < -0.39 is 0 Å². The van der Waals surface area contributed by atoms with Crippen LogP contribution in [0.4, 0.5) is 0 Å². The van der Waals surface area contributed by atoms with Crippen LogP contribution in [0.15, 0.2) is 22.7 Å². The van der Waals surface area contributed by atoms with Gasteiger partial charge in [-0.2, -0.15) is 11.8 Å². The van der Waals surface area contributed by atoms with Crippen LogP contribution in [-0.2, 0) is 6.42 Å². The minimum atomic E-state index is 0.523. The third kappa shape index (κ3) is 4.00. The van der Waals surface area contributed by atoms with Crippen molar-refractivity contribution in [3.8, 4) is 5.75 Å². The zero-order valence-electron chi connectivity index (χ0n) is 9.92. The van der Waals surface area contributed by atoms with Gasteiger partial charge in [0.1, 0.15) is 5.75 Å². The van der Waals surface area contributed by atoms with Crippen molar-refractivity contribution in [2.75, 3.05) is 26.2 Å². The van der Waals surface area contributed by atoms with E-state index in [9.17, 15) is 0 Å². The lowest BCUT2D eigenvalue weighted by atomic mass is 10.1. The van der Waals surface area contributed by atoms with Crippen LogP contribution in [0.3, 0.4) is 0 Å². The van der Waals surface area contributed by atoms with Gasteiger partial charge in [0, 0.05) is 11.8 Å². The first-order valence-electron chi connectivity index (χ1n) is 5.20. The first-order valence-corrected chi connectivity index (χ1v) is 7.38. The molecule has 0 amide bonds. The van der Waals surface area contributed by atoms with Gasteiger partial charge in [-0.15, -0.1) is 0 Å². The average Bonchev–Trinajstić information content (AvgIpc) is 2.28. The molecule has 1 unspecified atom stereocenters. The lowest BCUT2D eigenvalue weighted by molar-refractivity contribution is 0.412. The van der Waals surface area contributed by atoms with E-state index in [0.717, 1.165) is 22.4 Å². The molecular weight excluding hydrogens is 286 g/mol. The molecule has 0 fully saturated rings. The predicted octanol–water partition coefficient (Wildman–Crippen LogP) is 2.95. The number of hydrogen-bond acceptors (Lipinski definition) is 3. The fourth-order valence-corrected chi connectivity index (χ4v) is 2.84. The van der Waals surface area contributed by atoms with Crippen molar-refractivity contribution in [3.63, 3.8) is 0 Å². The van der Waals surface area contributed by atoms with Gasteiger partial charge in [0.2, 0.25) is 0 Å². The molecule has 0 aliphatic heterocycles. The van der Waals surface area contributed by atoms with Crippen LogP contribution >= 0.6 is 27.7 Å². The van der Waals surface area contributed by atoms with Gasteiger partial charge >= 0.3 is 0 Å². The Morgan fingerprint density at radius 1 is 1.50 bits per heavy atom. The highest BCUT2D eigenvalue weighted by Gasteiger charge is 2.08. The van der Waals surface area contributed by atoms with Crippen LogP contribution in [0, 0.1) is 0 Å². The summed E-state index contributed by atoms with van der Waals surface area (Å²) in [5.74, 6) is 2.01. The Balaban J connectivity index is 2.69. The average molecular weight is 304 g/mol. The predicted molar refractivity (Wildman–Crippen MR) is 75.6 cm³/mol. The molecule has 0 radical (unpaired) electrons.